The first kappa shape index (κ1) is 10.3. The van der Waals surface area contributed by atoms with Crippen LogP contribution in [0.3, 0.4) is 0 Å². The van der Waals surface area contributed by atoms with E-state index in [1.165, 1.54) is 24.3 Å². The number of benzene rings is 1. The van der Waals surface area contributed by atoms with Crippen molar-refractivity contribution in [3.63, 3.8) is 0 Å². The molecule has 0 radical (unpaired) electrons. The molecular formula is C9H11ClO3. The van der Waals surface area contributed by atoms with E-state index < -0.39 is 12.2 Å². The highest BCUT2D eigenvalue weighted by Gasteiger charge is 2.16. The largest absolute Gasteiger partial charge is 0.508 e. The van der Waals surface area contributed by atoms with Crippen molar-refractivity contribution < 1.29 is 15.3 Å². The van der Waals surface area contributed by atoms with Crippen molar-refractivity contribution in [2.24, 2.45) is 0 Å². The van der Waals surface area contributed by atoms with E-state index >= 15 is 0 Å². The number of rotatable bonds is 3. The molecule has 3 nitrogen and oxygen atoms in total. The fourth-order valence-corrected chi connectivity index (χ4v) is 1.15. The van der Waals surface area contributed by atoms with Crippen LogP contribution >= 0.6 is 11.6 Å². The second kappa shape index (κ2) is 4.46. The second-order valence-electron chi connectivity index (χ2n) is 2.76. The van der Waals surface area contributed by atoms with Gasteiger partial charge in [-0.3, -0.25) is 0 Å². The van der Waals surface area contributed by atoms with Gasteiger partial charge < -0.3 is 15.3 Å². The lowest BCUT2D eigenvalue weighted by atomic mass is 10.1. The number of alkyl halides is 1. The Labute approximate surface area is 81.2 Å². The summed E-state index contributed by atoms with van der Waals surface area (Å²) in [5.41, 5.74) is 0.533. The molecule has 72 valence electrons. The highest BCUT2D eigenvalue weighted by Crippen LogP contribution is 2.19. The molecule has 0 amide bonds. The van der Waals surface area contributed by atoms with Crippen LogP contribution in [0.25, 0.3) is 0 Å². The van der Waals surface area contributed by atoms with Crippen molar-refractivity contribution in [1.82, 2.24) is 0 Å². The van der Waals surface area contributed by atoms with Crippen LogP contribution in [0.1, 0.15) is 11.7 Å². The van der Waals surface area contributed by atoms with Gasteiger partial charge in [-0.1, -0.05) is 12.1 Å². The molecule has 1 rings (SSSR count). The molecule has 0 aliphatic rings. The van der Waals surface area contributed by atoms with E-state index in [1.54, 1.807) is 0 Å². The minimum atomic E-state index is -1.00. The van der Waals surface area contributed by atoms with E-state index in [0.717, 1.165) is 0 Å². The number of phenols is 1. The molecule has 3 N–H and O–H groups in total. The minimum absolute atomic E-state index is 0.0258. The maximum atomic E-state index is 9.46. The van der Waals surface area contributed by atoms with Gasteiger partial charge in [0.25, 0.3) is 0 Å². The molecule has 1 aromatic carbocycles. The van der Waals surface area contributed by atoms with E-state index in [2.05, 4.69) is 0 Å². The summed E-state index contributed by atoms with van der Waals surface area (Å²) in [4.78, 5) is 0. The van der Waals surface area contributed by atoms with Gasteiger partial charge >= 0.3 is 0 Å². The molecule has 0 bridgehead atoms. The van der Waals surface area contributed by atoms with Crippen molar-refractivity contribution >= 4 is 11.6 Å². The summed E-state index contributed by atoms with van der Waals surface area (Å²) in [6, 6.07) is 5.96. The van der Waals surface area contributed by atoms with E-state index in [1.807, 2.05) is 0 Å². The molecule has 2 unspecified atom stereocenters. The van der Waals surface area contributed by atoms with E-state index in [4.69, 9.17) is 16.7 Å². The summed E-state index contributed by atoms with van der Waals surface area (Å²) in [6.07, 6.45) is -1.98. The standard InChI is InChI=1S/C9H11ClO3/c10-5-8(12)9(13)6-1-3-7(11)4-2-6/h1-4,8-9,11-13H,5H2. The zero-order chi connectivity index (χ0) is 9.84. The van der Waals surface area contributed by atoms with Crippen LogP contribution in [0.2, 0.25) is 0 Å². The fourth-order valence-electron chi connectivity index (χ4n) is 0.978. The summed E-state index contributed by atoms with van der Waals surface area (Å²) in [5.74, 6) is 0.0958. The number of hydrogen-bond acceptors (Lipinski definition) is 3. The molecule has 0 saturated heterocycles. The highest BCUT2D eigenvalue weighted by molar-refractivity contribution is 6.18. The predicted molar refractivity (Wildman–Crippen MR) is 49.8 cm³/mol. The van der Waals surface area contributed by atoms with Crippen LogP contribution in [0.4, 0.5) is 0 Å². The van der Waals surface area contributed by atoms with Crippen LogP contribution < -0.4 is 0 Å². The zero-order valence-corrected chi connectivity index (χ0v) is 7.65. The Morgan fingerprint density at radius 2 is 1.69 bits per heavy atom. The van der Waals surface area contributed by atoms with Crippen molar-refractivity contribution in [3.8, 4) is 5.75 Å². The molecule has 13 heavy (non-hydrogen) atoms. The van der Waals surface area contributed by atoms with Crippen LogP contribution in [0, 0.1) is 0 Å². The number of aliphatic hydroxyl groups is 2. The molecule has 0 spiro atoms. The lowest BCUT2D eigenvalue weighted by molar-refractivity contribution is 0.0327. The highest BCUT2D eigenvalue weighted by atomic mass is 35.5. The van der Waals surface area contributed by atoms with E-state index in [-0.39, 0.29) is 11.6 Å². The van der Waals surface area contributed by atoms with Gasteiger partial charge in [0, 0.05) is 0 Å². The predicted octanol–water partition coefficient (Wildman–Crippen LogP) is 1.03. The molecule has 4 heteroatoms. The molecule has 0 aromatic heterocycles. The first-order chi connectivity index (χ1) is 6.15. The summed E-state index contributed by atoms with van der Waals surface area (Å²) < 4.78 is 0. The third-order valence-electron chi connectivity index (χ3n) is 1.76. The molecule has 0 saturated carbocycles. The number of phenolic OH excluding ortho intramolecular Hbond substituents is 1. The van der Waals surface area contributed by atoms with Gasteiger partial charge in [-0.25, -0.2) is 0 Å². The van der Waals surface area contributed by atoms with Crippen LogP contribution in [0.5, 0.6) is 5.75 Å². The topological polar surface area (TPSA) is 60.7 Å². The molecular weight excluding hydrogens is 192 g/mol. The number of aromatic hydroxyl groups is 1. The molecule has 0 heterocycles. The van der Waals surface area contributed by atoms with E-state index in [9.17, 15) is 10.2 Å². The van der Waals surface area contributed by atoms with Gasteiger partial charge in [-0.2, -0.15) is 0 Å². The lowest BCUT2D eigenvalue weighted by Crippen LogP contribution is -2.19. The average molecular weight is 203 g/mol. The quantitative estimate of drug-likeness (QED) is 0.642. The van der Waals surface area contributed by atoms with Crippen LogP contribution in [-0.4, -0.2) is 27.3 Å². The number of halogens is 1. The number of hydrogen-bond donors (Lipinski definition) is 3. The van der Waals surface area contributed by atoms with E-state index in [0.29, 0.717) is 5.56 Å². The molecule has 0 aliphatic heterocycles. The maximum absolute atomic E-state index is 9.46. The lowest BCUT2D eigenvalue weighted by Gasteiger charge is -2.15. The Kier molecular flexibility index (Phi) is 3.54. The zero-order valence-electron chi connectivity index (χ0n) is 6.89. The second-order valence-corrected chi connectivity index (χ2v) is 3.07. The SMILES string of the molecule is Oc1ccc(C(O)C(O)CCl)cc1. The van der Waals surface area contributed by atoms with Crippen LogP contribution in [0.15, 0.2) is 24.3 Å². The van der Waals surface area contributed by atoms with Gasteiger partial charge in [-0.15, -0.1) is 11.6 Å². The van der Waals surface area contributed by atoms with Crippen molar-refractivity contribution in [2.45, 2.75) is 12.2 Å². The van der Waals surface area contributed by atoms with Gasteiger partial charge in [0.2, 0.25) is 0 Å². The Morgan fingerprint density at radius 1 is 1.15 bits per heavy atom. The third kappa shape index (κ3) is 2.59. The van der Waals surface area contributed by atoms with Gasteiger partial charge in [0.15, 0.2) is 0 Å². The monoisotopic (exact) mass is 202 g/mol. The van der Waals surface area contributed by atoms with Gasteiger partial charge in [0.1, 0.15) is 11.9 Å². The van der Waals surface area contributed by atoms with Crippen LogP contribution in [-0.2, 0) is 0 Å². The Morgan fingerprint density at radius 3 is 2.15 bits per heavy atom. The van der Waals surface area contributed by atoms with Gasteiger partial charge in [-0.05, 0) is 17.7 Å². The first-order valence-corrected chi connectivity index (χ1v) is 4.39. The Bertz CT molecular complexity index is 260. The van der Waals surface area contributed by atoms with Gasteiger partial charge in [0.05, 0.1) is 12.0 Å². The first-order valence-electron chi connectivity index (χ1n) is 3.86. The minimum Gasteiger partial charge on any atom is -0.508 e. The Balaban J connectivity index is 2.77. The molecule has 0 fully saturated rings. The molecule has 2 atom stereocenters. The Hall–Kier alpha value is -0.770. The summed E-state index contributed by atoms with van der Waals surface area (Å²) >= 11 is 5.37. The smallest absolute Gasteiger partial charge is 0.115 e. The van der Waals surface area contributed by atoms with Crippen molar-refractivity contribution in [3.05, 3.63) is 29.8 Å². The van der Waals surface area contributed by atoms with Crippen molar-refractivity contribution in [2.75, 3.05) is 5.88 Å². The average Bonchev–Trinajstić information content (AvgIpc) is 2.17. The summed E-state index contributed by atoms with van der Waals surface area (Å²) in [7, 11) is 0. The molecule has 1 aromatic rings. The molecule has 0 aliphatic carbocycles. The normalized spacial score (nSPS) is 15.3. The summed E-state index contributed by atoms with van der Waals surface area (Å²) in [6.45, 7) is 0. The third-order valence-corrected chi connectivity index (χ3v) is 2.07. The fraction of sp³-hybridized carbons (Fsp3) is 0.333. The van der Waals surface area contributed by atoms with Crippen molar-refractivity contribution in [1.29, 1.82) is 0 Å². The summed E-state index contributed by atoms with van der Waals surface area (Å²) in [5, 5.41) is 27.6. The maximum Gasteiger partial charge on any atom is 0.115 e. The number of aliphatic hydroxyl groups excluding tert-OH is 2.